The molecule has 0 heterocycles. The van der Waals surface area contributed by atoms with Crippen LogP contribution >= 0.6 is 15.9 Å². The number of nitrogens with two attached hydrogens (primary N) is 1. The lowest BCUT2D eigenvalue weighted by Gasteiger charge is -2.33. The van der Waals surface area contributed by atoms with Gasteiger partial charge in [-0.3, -0.25) is 0 Å². The fourth-order valence-electron chi connectivity index (χ4n) is 2.21. The van der Waals surface area contributed by atoms with Crippen molar-refractivity contribution in [2.24, 2.45) is 5.73 Å². The zero-order valence-electron chi connectivity index (χ0n) is 8.85. The Bertz CT molecular complexity index is 387. The molecule has 1 aliphatic carbocycles. The Morgan fingerprint density at radius 2 is 1.94 bits per heavy atom. The molecule has 1 nitrogen and oxygen atoms in total. The third-order valence-corrected chi connectivity index (χ3v) is 3.73. The topological polar surface area (TPSA) is 26.0 Å². The van der Waals surface area contributed by atoms with Gasteiger partial charge in [0.15, 0.2) is 0 Å². The zero-order chi connectivity index (χ0) is 11.8. The zero-order valence-corrected chi connectivity index (χ0v) is 10.4. The second-order valence-corrected chi connectivity index (χ2v) is 5.34. The first-order valence-electron chi connectivity index (χ1n) is 5.41. The molecule has 0 bridgehead atoms. The summed E-state index contributed by atoms with van der Waals surface area (Å²) >= 11 is 3.24. The number of hydrogen-bond donors (Lipinski definition) is 1. The average molecular weight is 290 g/mol. The van der Waals surface area contributed by atoms with E-state index in [-0.39, 0.29) is 11.6 Å². The quantitative estimate of drug-likeness (QED) is 0.839. The summed E-state index contributed by atoms with van der Waals surface area (Å²) in [7, 11) is 0. The Labute approximate surface area is 102 Å². The van der Waals surface area contributed by atoms with Gasteiger partial charge in [0.2, 0.25) is 0 Å². The maximum atomic E-state index is 14.6. The van der Waals surface area contributed by atoms with Crippen molar-refractivity contribution in [3.63, 3.8) is 0 Å². The third kappa shape index (κ3) is 2.28. The third-order valence-electron chi connectivity index (χ3n) is 3.23. The maximum Gasteiger partial charge on any atom is 0.139 e. The SMILES string of the molecule is NC1CCC(F)(c2cc(Br)ccc2F)CC1. The van der Waals surface area contributed by atoms with Crippen molar-refractivity contribution in [2.45, 2.75) is 37.4 Å². The van der Waals surface area contributed by atoms with Crippen molar-refractivity contribution in [3.05, 3.63) is 34.1 Å². The van der Waals surface area contributed by atoms with Gasteiger partial charge >= 0.3 is 0 Å². The molecule has 0 aromatic heterocycles. The Kier molecular flexibility index (Phi) is 3.31. The number of halogens is 3. The van der Waals surface area contributed by atoms with E-state index in [9.17, 15) is 8.78 Å². The van der Waals surface area contributed by atoms with Crippen molar-refractivity contribution < 1.29 is 8.78 Å². The van der Waals surface area contributed by atoms with E-state index in [0.717, 1.165) is 0 Å². The molecule has 0 spiro atoms. The smallest absolute Gasteiger partial charge is 0.139 e. The molecule has 88 valence electrons. The van der Waals surface area contributed by atoms with Gasteiger partial charge in [-0.05, 0) is 43.9 Å². The van der Waals surface area contributed by atoms with Crippen LogP contribution in [0.4, 0.5) is 8.78 Å². The number of benzene rings is 1. The predicted octanol–water partition coefficient (Wildman–Crippen LogP) is 3.65. The van der Waals surface area contributed by atoms with Crippen molar-refractivity contribution in [1.82, 2.24) is 0 Å². The molecular formula is C12H14BrF2N. The Morgan fingerprint density at radius 1 is 1.31 bits per heavy atom. The second kappa shape index (κ2) is 4.41. The molecule has 1 aromatic rings. The fraction of sp³-hybridized carbons (Fsp3) is 0.500. The normalized spacial score (nSPS) is 30.4. The summed E-state index contributed by atoms with van der Waals surface area (Å²) in [5.41, 5.74) is 4.34. The summed E-state index contributed by atoms with van der Waals surface area (Å²) in [6, 6.07) is 4.47. The Balaban J connectivity index is 2.32. The van der Waals surface area contributed by atoms with Crippen LogP contribution in [0, 0.1) is 5.82 Å². The Morgan fingerprint density at radius 3 is 2.56 bits per heavy atom. The van der Waals surface area contributed by atoms with Crippen LogP contribution in [0.3, 0.4) is 0 Å². The lowest BCUT2D eigenvalue weighted by Crippen LogP contribution is -2.34. The molecular weight excluding hydrogens is 276 g/mol. The van der Waals surface area contributed by atoms with Gasteiger partial charge < -0.3 is 5.73 Å². The first-order valence-corrected chi connectivity index (χ1v) is 6.20. The molecule has 16 heavy (non-hydrogen) atoms. The van der Waals surface area contributed by atoms with Crippen molar-refractivity contribution in [1.29, 1.82) is 0 Å². The summed E-state index contributed by atoms with van der Waals surface area (Å²) in [5.74, 6) is -0.471. The number of hydrogen-bond acceptors (Lipinski definition) is 1. The fourth-order valence-corrected chi connectivity index (χ4v) is 2.57. The maximum absolute atomic E-state index is 14.6. The second-order valence-electron chi connectivity index (χ2n) is 4.43. The summed E-state index contributed by atoms with van der Waals surface area (Å²) in [5, 5.41) is 0. The van der Waals surface area contributed by atoms with Crippen LogP contribution < -0.4 is 5.73 Å². The molecule has 2 N–H and O–H groups in total. The molecule has 1 aromatic carbocycles. The van der Waals surface area contributed by atoms with Gasteiger partial charge in [-0.2, -0.15) is 0 Å². The van der Waals surface area contributed by atoms with Crippen LogP contribution in [0.25, 0.3) is 0 Å². The number of rotatable bonds is 1. The van der Waals surface area contributed by atoms with Gasteiger partial charge in [-0.15, -0.1) is 0 Å². The van der Waals surface area contributed by atoms with Gasteiger partial charge in [0.05, 0.1) is 0 Å². The molecule has 0 saturated heterocycles. The summed E-state index contributed by atoms with van der Waals surface area (Å²) in [4.78, 5) is 0. The van der Waals surface area contributed by atoms with E-state index in [4.69, 9.17) is 5.73 Å². The van der Waals surface area contributed by atoms with Crippen molar-refractivity contribution in [2.75, 3.05) is 0 Å². The van der Waals surface area contributed by atoms with Crippen LogP contribution in [0.5, 0.6) is 0 Å². The van der Waals surface area contributed by atoms with E-state index in [2.05, 4.69) is 15.9 Å². The standard InChI is InChI=1S/C12H14BrF2N/c13-8-1-2-11(14)10(7-8)12(15)5-3-9(16)4-6-12/h1-2,7,9H,3-6,16H2. The van der Waals surface area contributed by atoms with Crippen LogP contribution in [0.2, 0.25) is 0 Å². The highest BCUT2D eigenvalue weighted by molar-refractivity contribution is 9.10. The van der Waals surface area contributed by atoms with Gasteiger partial charge in [-0.1, -0.05) is 15.9 Å². The van der Waals surface area contributed by atoms with E-state index < -0.39 is 11.5 Å². The van der Waals surface area contributed by atoms with E-state index >= 15 is 0 Å². The van der Waals surface area contributed by atoms with E-state index in [1.54, 1.807) is 6.07 Å². The highest BCUT2D eigenvalue weighted by Gasteiger charge is 2.38. The lowest BCUT2D eigenvalue weighted by molar-refractivity contribution is 0.0934. The molecule has 4 heteroatoms. The summed E-state index contributed by atoms with van der Waals surface area (Å²) < 4.78 is 28.9. The molecule has 0 atom stereocenters. The van der Waals surface area contributed by atoms with Crippen molar-refractivity contribution >= 4 is 15.9 Å². The minimum absolute atomic E-state index is 0.0547. The Hall–Kier alpha value is -0.480. The largest absolute Gasteiger partial charge is 0.328 e. The summed E-state index contributed by atoms with van der Waals surface area (Å²) in [6.45, 7) is 0. The molecule has 0 amide bonds. The van der Waals surface area contributed by atoms with Gasteiger partial charge in [0, 0.05) is 16.1 Å². The highest BCUT2D eigenvalue weighted by Crippen LogP contribution is 2.42. The van der Waals surface area contributed by atoms with Crippen LogP contribution in [0.15, 0.2) is 22.7 Å². The van der Waals surface area contributed by atoms with Crippen LogP contribution in [0.1, 0.15) is 31.2 Å². The predicted molar refractivity (Wildman–Crippen MR) is 63.3 cm³/mol. The van der Waals surface area contributed by atoms with E-state index in [1.807, 2.05) is 0 Å². The van der Waals surface area contributed by atoms with Gasteiger partial charge in [0.25, 0.3) is 0 Å². The monoisotopic (exact) mass is 289 g/mol. The molecule has 1 saturated carbocycles. The molecule has 0 unspecified atom stereocenters. The molecule has 0 aliphatic heterocycles. The number of alkyl halides is 1. The van der Waals surface area contributed by atoms with Crippen molar-refractivity contribution in [3.8, 4) is 0 Å². The molecule has 0 radical (unpaired) electrons. The summed E-state index contributed by atoms with van der Waals surface area (Å²) in [6.07, 6.45) is 1.84. The minimum atomic E-state index is -1.55. The minimum Gasteiger partial charge on any atom is -0.328 e. The van der Waals surface area contributed by atoms with E-state index in [0.29, 0.717) is 30.2 Å². The highest BCUT2D eigenvalue weighted by atomic mass is 79.9. The molecule has 1 fully saturated rings. The van der Waals surface area contributed by atoms with E-state index in [1.165, 1.54) is 12.1 Å². The van der Waals surface area contributed by atoms with Crippen LogP contribution in [-0.4, -0.2) is 6.04 Å². The molecule has 2 rings (SSSR count). The lowest BCUT2D eigenvalue weighted by atomic mass is 9.79. The average Bonchev–Trinajstić information content (AvgIpc) is 2.26. The first-order chi connectivity index (χ1) is 7.51. The van der Waals surface area contributed by atoms with Gasteiger partial charge in [-0.25, -0.2) is 8.78 Å². The molecule has 1 aliphatic rings. The van der Waals surface area contributed by atoms with Gasteiger partial charge in [0.1, 0.15) is 11.5 Å². The first kappa shape index (κ1) is 12.0. The van der Waals surface area contributed by atoms with Crippen LogP contribution in [-0.2, 0) is 5.67 Å².